The highest BCUT2D eigenvalue weighted by atomic mass is 16.5. The second kappa shape index (κ2) is 30.0. The van der Waals surface area contributed by atoms with Crippen LogP contribution < -0.4 is 49.9 Å². The molecule has 0 unspecified atom stereocenters. The van der Waals surface area contributed by atoms with Gasteiger partial charge in [-0.2, -0.15) is 0 Å². The highest BCUT2D eigenvalue weighted by molar-refractivity contribution is 5.98. The lowest BCUT2D eigenvalue weighted by Crippen LogP contribution is -2.60. The lowest BCUT2D eigenvalue weighted by Gasteiger charge is -2.37. The van der Waals surface area contributed by atoms with Crippen molar-refractivity contribution in [2.75, 3.05) is 52.5 Å². The lowest BCUT2D eigenvalue weighted by molar-refractivity contribution is -0.154. The second-order valence-corrected chi connectivity index (χ2v) is 21.6. The molecule has 5 fully saturated rings. The first kappa shape index (κ1) is 63.0. The maximum atomic E-state index is 14.5. The van der Waals surface area contributed by atoms with Crippen molar-refractivity contribution in [3.8, 4) is 0 Å². The average Bonchev–Trinajstić information content (AvgIpc) is 4.05. The summed E-state index contributed by atoms with van der Waals surface area (Å²) in [5, 5.41) is 42.1. The number of benzene rings is 1. The highest BCUT2D eigenvalue weighted by Gasteiger charge is 2.53. The number of fused-ring (bicyclic) bond motifs is 1. The predicted molar refractivity (Wildman–Crippen MR) is 293 cm³/mol. The van der Waals surface area contributed by atoms with E-state index in [0.29, 0.717) is 44.3 Å². The predicted octanol–water partition coefficient (Wildman–Crippen LogP) is -4.18. The molecular weight excluding hydrogens is 1050 g/mol. The summed E-state index contributed by atoms with van der Waals surface area (Å²) in [4.78, 5) is 138. The first-order valence-corrected chi connectivity index (χ1v) is 28.2. The zero-order valence-electron chi connectivity index (χ0n) is 46.1. The molecule has 12 atom stereocenters. The summed E-state index contributed by atoms with van der Waals surface area (Å²) in [6, 6.07) is -1.43. The van der Waals surface area contributed by atoms with Gasteiger partial charge >= 0.3 is 5.97 Å². The Hall–Kier alpha value is -7.17. The van der Waals surface area contributed by atoms with E-state index in [0.717, 1.165) is 24.2 Å². The number of carboxylic acids is 1. The summed E-state index contributed by atoms with van der Waals surface area (Å²) >= 11 is 0. The van der Waals surface area contributed by atoms with Crippen LogP contribution in [0.5, 0.6) is 0 Å². The first-order chi connectivity index (χ1) is 38.7. The van der Waals surface area contributed by atoms with Gasteiger partial charge in [-0.05, 0) is 75.7 Å². The number of likely N-dealkylation sites (tertiary alicyclic amines) is 4. The second-order valence-electron chi connectivity index (χ2n) is 21.6. The molecule has 0 bridgehead atoms. The summed E-state index contributed by atoms with van der Waals surface area (Å²) in [6.45, 7) is 0.816. The minimum Gasteiger partial charge on any atom is -0.480 e. The van der Waals surface area contributed by atoms with E-state index < -0.39 is 127 Å². The van der Waals surface area contributed by atoms with Gasteiger partial charge in [0.1, 0.15) is 42.3 Å². The van der Waals surface area contributed by atoms with Gasteiger partial charge < -0.3 is 89.6 Å². The number of carbonyl (C=O) groups is 9. The monoisotopic (exact) mass is 1140 g/mol. The average molecular weight is 1140 g/mol. The van der Waals surface area contributed by atoms with Crippen molar-refractivity contribution < 1.29 is 63.2 Å². The Morgan fingerprint density at radius 3 is 2.05 bits per heavy atom. The van der Waals surface area contributed by atoms with Gasteiger partial charge in [-0.15, -0.1) is 0 Å². The number of carbonyl (C=O) groups excluding carboxylic acids is 8. The standard InChI is InChI=1S/C53H83N15O13/c1-2-21-81-33-25-41(50(78)68-38-16-7-6-13-31(38)23-42(68)51(79)80)67(28-33)48(76)37(29-69)64-45(73)36(22-30-11-4-3-5-12-30)62-43(71)26-61-46(74)40-24-32(70)27-66(40)49(77)39-17-10-20-65(39)47(75)35(15-9-19-60-53(57)58)63-44(72)34(54)14-8-18-59-52(55)56/h3-5,11-12,31-42,69-70H,2,6-10,13-29,54H2,1H3,(H,61,74)(H,62,71)(H,63,72)(H,64,73)(H,79,80)(H4,55,56,59)(H4,57,58,60)/t31-,32+,33-,34+,35-,36-,37-,38-,39-,40-,41+,42-/m0/s1. The van der Waals surface area contributed by atoms with Crippen LogP contribution in [0.1, 0.15) is 102 Å². The van der Waals surface area contributed by atoms with Crippen LogP contribution in [0.25, 0.3) is 0 Å². The molecule has 8 amide bonds. The number of aliphatic imine (C=N–C) groups is 2. The Labute approximate surface area is 470 Å². The van der Waals surface area contributed by atoms with E-state index >= 15 is 0 Å². The van der Waals surface area contributed by atoms with Crippen LogP contribution in [0.2, 0.25) is 0 Å². The molecule has 1 saturated carbocycles. The Bertz CT molecular complexity index is 2450. The molecule has 1 aromatic rings. The van der Waals surface area contributed by atoms with Crippen LogP contribution in [0.3, 0.4) is 0 Å². The molecule has 17 N–H and O–H groups in total. The van der Waals surface area contributed by atoms with Crippen molar-refractivity contribution in [2.24, 2.45) is 44.6 Å². The van der Waals surface area contributed by atoms with Crippen molar-refractivity contribution >= 4 is 65.1 Å². The van der Waals surface area contributed by atoms with Crippen LogP contribution in [0, 0.1) is 5.92 Å². The number of amides is 8. The number of ether oxygens (including phenoxy) is 1. The number of carboxylic acid groups (broad SMARTS) is 1. The summed E-state index contributed by atoms with van der Waals surface area (Å²) in [6.07, 6.45) is 3.70. The molecule has 0 spiro atoms. The van der Waals surface area contributed by atoms with Gasteiger partial charge in [-0.3, -0.25) is 48.3 Å². The van der Waals surface area contributed by atoms with E-state index in [1.165, 1.54) is 14.7 Å². The van der Waals surface area contributed by atoms with Crippen molar-refractivity contribution in [3.63, 3.8) is 0 Å². The number of aliphatic hydroxyl groups excluding tert-OH is 2. The maximum Gasteiger partial charge on any atom is 0.326 e. The van der Waals surface area contributed by atoms with E-state index in [1.54, 1.807) is 30.3 Å². The number of nitrogens with one attached hydrogen (secondary N) is 4. The van der Waals surface area contributed by atoms with E-state index in [9.17, 15) is 58.5 Å². The number of guanidine groups is 2. The minimum absolute atomic E-state index is 0.00787. The third kappa shape index (κ3) is 16.9. The lowest BCUT2D eigenvalue weighted by atomic mass is 9.84. The minimum atomic E-state index is -1.61. The summed E-state index contributed by atoms with van der Waals surface area (Å²) in [5.41, 5.74) is 28.5. The number of hydrogen-bond donors (Lipinski definition) is 12. The van der Waals surface area contributed by atoms with E-state index in [2.05, 4.69) is 31.3 Å². The van der Waals surface area contributed by atoms with Crippen LogP contribution in [-0.4, -0.2) is 219 Å². The first-order valence-electron chi connectivity index (χ1n) is 28.2. The third-order valence-corrected chi connectivity index (χ3v) is 15.7. The number of β-amino-alcohol motifs (C(OH)–C–C–N with tert-alkyl or cyclic N) is 1. The number of nitrogens with two attached hydrogens (primary N) is 5. The Morgan fingerprint density at radius 1 is 0.716 bits per heavy atom. The molecule has 1 aliphatic carbocycles. The van der Waals surface area contributed by atoms with Crippen LogP contribution in [-0.2, 0) is 54.3 Å². The molecule has 81 heavy (non-hydrogen) atoms. The Morgan fingerprint density at radius 2 is 1.38 bits per heavy atom. The van der Waals surface area contributed by atoms with Crippen LogP contribution >= 0.6 is 0 Å². The molecule has 6 rings (SSSR count). The fourth-order valence-corrected chi connectivity index (χ4v) is 11.8. The van der Waals surface area contributed by atoms with E-state index in [-0.39, 0.29) is 102 Å². The quantitative estimate of drug-likeness (QED) is 0.0226. The van der Waals surface area contributed by atoms with Gasteiger partial charge in [-0.1, -0.05) is 50.1 Å². The Balaban J connectivity index is 1.11. The highest BCUT2D eigenvalue weighted by Crippen LogP contribution is 2.41. The normalized spacial score (nSPS) is 24.7. The van der Waals surface area contributed by atoms with Gasteiger partial charge in [0.25, 0.3) is 0 Å². The molecule has 448 valence electrons. The molecule has 0 radical (unpaired) electrons. The van der Waals surface area contributed by atoms with Crippen LogP contribution in [0.15, 0.2) is 40.3 Å². The number of hydrogen-bond acceptors (Lipinski definition) is 15. The molecule has 4 heterocycles. The maximum absolute atomic E-state index is 14.5. The molecule has 0 aromatic heterocycles. The van der Waals surface area contributed by atoms with Crippen molar-refractivity contribution in [1.29, 1.82) is 0 Å². The van der Waals surface area contributed by atoms with E-state index in [4.69, 9.17) is 33.4 Å². The van der Waals surface area contributed by atoms with E-state index in [1.807, 2.05) is 6.92 Å². The SMILES string of the molecule is CCCO[C@H]1C[C@H](C(=O)N2[C@H](C(=O)O)C[C@@H]3CCCC[C@@H]32)N(C(=O)[C@H](CO)NC(=O)[C@H](Cc2ccccc2)NC(=O)CNC(=O)[C@@H]2C[C@@H](O)CN2C(=O)[C@@H]2CCCN2C(=O)[C@H](CCCN=C(N)N)NC(=O)[C@H](N)CCCN=C(N)N)C1. The summed E-state index contributed by atoms with van der Waals surface area (Å²) in [5.74, 6) is -7.11. The van der Waals surface area contributed by atoms with Crippen molar-refractivity contribution in [1.82, 2.24) is 40.9 Å². The molecule has 1 aromatic carbocycles. The van der Waals surface area contributed by atoms with Crippen molar-refractivity contribution in [2.45, 2.75) is 170 Å². The van der Waals surface area contributed by atoms with Gasteiger partial charge in [0.15, 0.2) is 11.9 Å². The molecule has 4 aliphatic heterocycles. The number of aliphatic hydroxyl groups is 2. The summed E-state index contributed by atoms with van der Waals surface area (Å²) in [7, 11) is 0. The number of aliphatic carboxylic acids is 1. The smallest absolute Gasteiger partial charge is 0.326 e. The largest absolute Gasteiger partial charge is 0.480 e. The van der Waals surface area contributed by atoms with Gasteiger partial charge in [-0.25, -0.2) is 4.79 Å². The zero-order valence-corrected chi connectivity index (χ0v) is 46.1. The number of nitrogens with zero attached hydrogens (tertiary/aromatic N) is 6. The Kier molecular flexibility index (Phi) is 23.4. The topological polar surface area (TPSA) is 439 Å². The summed E-state index contributed by atoms with van der Waals surface area (Å²) < 4.78 is 6.00. The molecule has 4 saturated heterocycles. The van der Waals surface area contributed by atoms with Gasteiger partial charge in [0.05, 0.1) is 31.4 Å². The molecule has 28 heteroatoms. The van der Waals surface area contributed by atoms with Gasteiger partial charge in [0.2, 0.25) is 47.3 Å². The number of rotatable bonds is 27. The van der Waals surface area contributed by atoms with Gasteiger partial charge in [0, 0.05) is 64.6 Å². The molecule has 5 aliphatic rings. The molecular formula is C53H83N15O13. The fraction of sp³-hybridized carbons (Fsp3) is 0.679. The van der Waals surface area contributed by atoms with Crippen LogP contribution in [0.4, 0.5) is 0 Å². The molecule has 28 nitrogen and oxygen atoms in total. The fourth-order valence-electron chi connectivity index (χ4n) is 11.8. The third-order valence-electron chi connectivity index (χ3n) is 15.7. The van der Waals surface area contributed by atoms with Crippen molar-refractivity contribution in [3.05, 3.63) is 35.9 Å². The zero-order chi connectivity index (χ0) is 58.9.